The molecular weight excluding hydrogens is 370 g/mol. The highest BCUT2D eigenvalue weighted by Crippen LogP contribution is 2.31. The standard InChI is InChI=1S/C22H18ClN5/c23-17-8-4-7-16(11-17)22-18-13-28(10-9-19(18)26-27-22)21-12-20(24-14-25-21)15-5-2-1-3-6-15/h1-8,11-12,14H,9-10,13H2,(H,26,27). The Balaban J connectivity index is 1.47. The van der Waals surface area contributed by atoms with Crippen LogP contribution in [0.5, 0.6) is 0 Å². The maximum atomic E-state index is 6.18. The van der Waals surface area contributed by atoms with Crippen LogP contribution in [0.4, 0.5) is 5.82 Å². The summed E-state index contributed by atoms with van der Waals surface area (Å²) in [6.45, 7) is 1.63. The van der Waals surface area contributed by atoms with E-state index in [2.05, 4.69) is 43.3 Å². The van der Waals surface area contributed by atoms with Gasteiger partial charge in [0.2, 0.25) is 0 Å². The molecule has 5 nitrogen and oxygen atoms in total. The summed E-state index contributed by atoms with van der Waals surface area (Å²) in [4.78, 5) is 11.2. The van der Waals surface area contributed by atoms with Gasteiger partial charge in [0.1, 0.15) is 12.1 Å². The molecule has 3 heterocycles. The summed E-state index contributed by atoms with van der Waals surface area (Å²) in [5.74, 6) is 0.928. The quantitative estimate of drug-likeness (QED) is 0.551. The Morgan fingerprint density at radius 3 is 2.64 bits per heavy atom. The fraction of sp³-hybridized carbons (Fsp3) is 0.136. The molecule has 28 heavy (non-hydrogen) atoms. The number of rotatable bonds is 3. The molecule has 0 amide bonds. The number of anilines is 1. The van der Waals surface area contributed by atoms with E-state index in [-0.39, 0.29) is 0 Å². The predicted octanol–water partition coefficient (Wildman–Crippen LogP) is 4.75. The highest BCUT2D eigenvalue weighted by molar-refractivity contribution is 6.30. The van der Waals surface area contributed by atoms with E-state index in [0.29, 0.717) is 5.02 Å². The molecule has 0 saturated carbocycles. The first kappa shape index (κ1) is 17.0. The molecule has 0 spiro atoms. The first-order chi connectivity index (χ1) is 13.8. The summed E-state index contributed by atoms with van der Waals surface area (Å²) >= 11 is 6.18. The number of aromatic nitrogens is 4. The molecule has 0 fully saturated rings. The molecule has 0 saturated heterocycles. The third-order valence-electron chi connectivity index (χ3n) is 5.08. The van der Waals surface area contributed by atoms with E-state index in [9.17, 15) is 0 Å². The van der Waals surface area contributed by atoms with Crippen molar-refractivity contribution in [3.05, 3.63) is 83.3 Å². The van der Waals surface area contributed by atoms with Crippen molar-refractivity contribution >= 4 is 17.4 Å². The minimum atomic E-state index is 0.713. The van der Waals surface area contributed by atoms with Crippen molar-refractivity contribution in [2.45, 2.75) is 13.0 Å². The molecule has 0 bridgehead atoms. The van der Waals surface area contributed by atoms with Crippen LogP contribution < -0.4 is 4.90 Å². The van der Waals surface area contributed by atoms with Crippen LogP contribution in [0.3, 0.4) is 0 Å². The summed E-state index contributed by atoms with van der Waals surface area (Å²) in [5.41, 5.74) is 6.39. The van der Waals surface area contributed by atoms with Gasteiger partial charge in [0, 0.05) is 53.0 Å². The van der Waals surface area contributed by atoms with Crippen molar-refractivity contribution in [2.75, 3.05) is 11.4 Å². The Bertz CT molecular complexity index is 1120. The van der Waals surface area contributed by atoms with Crippen LogP contribution in [0.2, 0.25) is 5.02 Å². The molecule has 1 aliphatic heterocycles. The lowest BCUT2D eigenvalue weighted by molar-refractivity contribution is 0.710. The third kappa shape index (κ3) is 3.14. The van der Waals surface area contributed by atoms with E-state index < -0.39 is 0 Å². The minimum absolute atomic E-state index is 0.713. The van der Waals surface area contributed by atoms with Crippen LogP contribution in [-0.4, -0.2) is 26.7 Å². The van der Waals surface area contributed by atoms with Gasteiger partial charge in [0.05, 0.1) is 11.4 Å². The first-order valence-electron chi connectivity index (χ1n) is 9.22. The van der Waals surface area contributed by atoms with Crippen molar-refractivity contribution in [2.24, 2.45) is 0 Å². The summed E-state index contributed by atoms with van der Waals surface area (Å²) in [6, 6.07) is 20.1. The average Bonchev–Trinajstić information content (AvgIpc) is 3.18. The topological polar surface area (TPSA) is 57.7 Å². The molecule has 5 rings (SSSR count). The first-order valence-corrected chi connectivity index (χ1v) is 9.60. The van der Waals surface area contributed by atoms with Crippen LogP contribution in [0.15, 0.2) is 67.0 Å². The van der Waals surface area contributed by atoms with Crippen LogP contribution in [0, 0.1) is 0 Å². The maximum Gasteiger partial charge on any atom is 0.132 e. The zero-order valence-corrected chi connectivity index (χ0v) is 15.9. The monoisotopic (exact) mass is 387 g/mol. The molecule has 1 aliphatic rings. The second-order valence-electron chi connectivity index (χ2n) is 6.84. The Hall–Kier alpha value is -3.18. The van der Waals surface area contributed by atoms with Crippen molar-refractivity contribution in [3.8, 4) is 22.5 Å². The Morgan fingerprint density at radius 1 is 0.929 bits per heavy atom. The third-order valence-corrected chi connectivity index (χ3v) is 5.31. The molecule has 0 unspecified atom stereocenters. The molecule has 2 aromatic heterocycles. The Morgan fingerprint density at radius 2 is 1.79 bits per heavy atom. The number of H-pyrrole nitrogens is 1. The molecule has 1 N–H and O–H groups in total. The van der Waals surface area contributed by atoms with Gasteiger partial charge in [0.25, 0.3) is 0 Å². The summed E-state index contributed by atoms with van der Waals surface area (Å²) in [6.07, 6.45) is 2.54. The second-order valence-corrected chi connectivity index (χ2v) is 7.28. The second kappa shape index (κ2) is 7.09. The van der Waals surface area contributed by atoms with Crippen molar-refractivity contribution < 1.29 is 0 Å². The van der Waals surface area contributed by atoms with Gasteiger partial charge in [-0.2, -0.15) is 5.10 Å². The lowest BCUT2D eigenvalue weighted by Crippen LogP contribution is -2.31. The summed E-state index contributed by atoms with van der Waals surface area (Å²) in [7, 11) is 0. The van der Waals surface area contributed by atoms with Crippen molar-refractivity contribution in [1.29, 1.82) is 0 Å². The van der Waals surface area contributed by atoms with Gasteiger partial charge < -0.3 is 4.90 Å². The number of benzene rings is 2. The van der Waals surface area contributed by atoms with Crippen LogP contribution >= 0.6 is 11.6 Å². The van der Waals surface area contributed by atoms with Gasteiger partial charge in [0.15, 0.2) is 0 Å². The lowest BCUT2D eigenvalue weighted by Gasteiger charge is -2.28. The molecule has 0 atom stereocenters. The normalized spacial score (nSPS) is 13.4. The van der Waals surface area contributed by atoms with Crippen LogP contribution in [0.1, 0.15) is 11.3 Å². The minimum Gasteiger partial charge on any atom is -0.352 e. The summed E-state index contributed by atoms with van der Waals surface area (Å²) in [5, 5.41) is 8.47. The van der Waals surface area contributed by atoms with Gasteiger partial charge in [-0.3, -0.25) is 5.10 Å². The zero-order valence-electron chi connectivity index (χ0n) is 15.1. The number of nitrogens with zero attached hydrogens (tertiary/aromatic N) is 4. The molecule has 2 aromatic carbocycles. The highest BCUT2D eigenvalue weighted by Gasteiger charge is 2.24. The van der Waals surface area contributed by atoms with Crippen LogP contribution in [0.25, 0.3) is 22.5 Å². The molecule has 138 valence electrons. The fourth-order valence-electron chi connectivity index (χ4n) is 3.65. The average molecular weight is 388 g/mol. The van der Waals surface area contributed by atoms with Gasteiger partial charge in [-0.1, -0.05) is 54.1 Å². The zero-order chi connectivity index (χ0) is 18.9. The number of fused-ring (bicyclic) bond motifs is 1. The lowest BCUT2D eigenvalue weighted by atomic mass is 10.0. The SMILES string of the molecule is Clc1cccc(-c2n[nH]c3c2CN(c2cc(-c4ccccc4)ncn2)CC3)c1. The molecule has 0 aliphatic carbocycles. The Kier molecular flexibility index (Phi) is 4.29. The van der Waals surface area contributed by atoms with E-state index in [1.807, 2.05) is 42.5 Å². The smallest absolute Gasteiger partial charge is 0.132 e. The number of halogens is 1. The molecule has 6 heteroatoms. The molecule has 0 radical (unpaired) electrons. The molecule has 4 aromatic rings. The van der Waals surface area contributed by atoms with E-state index in [1.165, 1.54) is 11.3 Å². The molecular formula is C22H18ClN5. The number of hydrogen-bond donors (Lipinski definition) is 1. The van der Waals surface area contributed by atoms with E-state index in [0.717, 1.165) is 47.8 Å². The van der Waals surface area contributed by atoms with Gasteiger partial charge in [-0.25, -0.2) is 9.97 Å². The van der Waals surface area contributed by atoms with Crippen molar-refractivity contribution in [3.63, 3.8) is 0 Å². The van der Waals surface area contributed by atoms with E-state index in [4.69, 9.17) is 11.6 Å². The van der Waals surface area contributed by atoms with E-state index in [1.54, 1.807) is 6.33 Å². The Labute approximate surface area is 168 Å². The summed E-state index contributed by atoms with van der Waals surface area (Å²) < 4.78 is 0. The fourth-order valence-corrected chi connectivity index (χ4v) is 3.84. The number of aromatic amines is 1. The highest BCUT2D eigenvalue weighted by atomic mass is 35.5. The van der Waals surface area contributed by atoms with Gasteiger partial charge >= 0.3 is 0 Å². The number of nitrogens with one attached hydrogen (secondary N) is 1. The van der Waals surface area contributed by atoms with Crippen LogP contribution in [-0.2, 0) is 13.0 Å². The predicted molar refractivity (Wildman–Crippen MR) is 111 cm³/mol. The van der Waals surface area contributed by atoms with Gasteiger partial charge in [-0.15, -0.1) is 0 Å². The van der Waals surface area contributed by atoms with E-state index >= 15 is 0 Å². The van der Waals surface area contributed by atoms with Gasteiger partial charge in [-0.05, 0) is 12.1 Å². The maximum absolute atomic E-state index is 6.18. The van der Waals surface area contributed by atoms with Crippen molar-refractivity contribution in [1.82, 2.24) is 20.2 Å². The number of hydrogen-bond acceptors (Lipinski definition) is 4. The largest absolute Gasteiger partial charge is 0.352 e.